The highest BCUT2D eigenvalue weighted by atomic mass is 16.4. The fourth-order valence-corrected chi connectivity index (χ4v) is 3.79. The summed E-state index contributed by atoms with van der Waals surface area (Å²) in [5.41, 5.74) is 0.646. The van der Waals surface area contributed by atoms with Gasteiger partial charge in [0.05, 0.1) is 11.8 Å². The van der Waals surface area contributed by atoms with Gasteiger partial charge in [-0.3, -0.25) is 14.9 Å². The number of carbonyl (C=O) groups excluding carboxylic acids is 2. The van der Waals surface area contributed by atoms with Crippen LogP contribution in [0, 0.1) is 23.7 Å². The van der Waals surface area contributed by atoms with Gasteiger partial charge in [-0.1, -0.05) is 19.0 Å². The maximum absolute atomic E-state index is 11.4. The van der Waals surface area contributed by atoms with Gasteiger partial charge in [-0.2, -0.15) is 0 Å². The standard InChI is InChI=1S/C15H24N2O4/c1-8-3-9(2)15(17-21)11(4-8)12(18)5-10-6-13(19)16-14(20)7-10/h8-12,18,21H,3-7H2,1-2H3,(H,16,19,20)/t8-,9-,11-,12-/m1/s1. The van der Waals surface area contributed by atoms with E-state index in [0.29, 0.717) is 18.1 Å². The predicted octanol–water partition coefficient (Wildman–Crippen LogP) is 1.30. The number of hydrogen-bond acceptors (Lipinski definition) is 5. The molecule has 1 heterocycles. The molecule has 118 valence electrons. The third-order valence-corrected chi connectivity index (χ3v) is 4.68. The Bertz CT molecular complexity index is 433. The topological polar surface area (TPSA) is 99.0 Å². The van der Waals surface area contributed by atoms with Crippen molar-refractivity contribution in [2.75, 3.05) is 0 Å². The number of carbonyl (C=O) groups is 2. The number of nitrogens with one attached hydrogen (secondary N) is 1. The van der Waals surface area contributed by atoms with E-state index in [4.69, 9.17) is 0 Å². The van der Waals surface area contributed by atoms with Crippen LogP contribution in [0.15, 0.2) is 5.16 Å². The molecule has 21 heavy (non-hydrogen) atoms. The molecule has 0 bridgehead atoms. The number of rotatable bonds is 3. The van der Waals surface area contributed by atoms with Crippen LogP contribution in [0.1, 0.15) is 46.0 Å². The SMILES string of the molecule is C[C@@H]1C[C@@H](C)C(=NO)[C@@H]([C@H](O)CC2CC(=O)NC(=O)C2)C1. The quantitative estimate of drug-likeness (QED) is 0.415. The summed E-state index contributed by atoms with van der Waals surface area (Å²) in [5, 5.41) is 25.4. The molecule has 2 amide bonds. The molecule has 3 N–H and O–H groups in total. The molecule has 1 aliphatic carbocycles. The Morgan fingerprint density at radius 2 is 1.86 bits per heavy atom. The van der Waals surface area contributed by atoms with Gasteiger partial charge in [0.1, 0.15) is 0 Å². The molecule has 4 atom stereocenters. The van der Waals surface area contributed by atoms with E-state index in [1.165, 1.54) is 0 Å². The summed E-state index contributed by atoms with van der Waals surface area (Å²) >= 11 is 0. The van der Waals surface area contributed by atoms with Crippen molar-refractivity contribution in [3.8, 4) is 0 Å². The number of oxime groups is 1. The van der Waals surface area contributed by atoms with Crippen molar-refractivity contribution >= 4 is 17.5 Å². The van der Waals surface area contributed by atoms with Gasteiger partial charge in [-0.05, 0) is 37.0 Å². The van der Waals surface area contributed by atoms with Crippen LogP contribution in [-0.2, 0) is 9.59 Å². The number of amides is 2. The van der Waals surface area contributed by atoms with Gasteiger partial charge in [-0.15, -0.1) is 0 Å². The summed E-state index contributed by atoms with van der Waals surface area (Å²) in [5.74, 6) is -0.256. The van der Waals surface area contributed by atoms with Crippen LogP contribution in [0.5, 0.6) is 0 Å². The number of hydrogen-bond donors (Lipinski definition) is 3. The van der Waals surface area contributed by atoms with Gasteiger partial charge in [0, 0.05) is 18.8 Å². The fraction of sp³-hybridized carbons (Fsp3) is 0.800. The van der Waals surface area contributed by atoms with Gasteiger partial charge in [0.15, 0.2) is 0 Å². The molecule has 0 aromatic heterocycles. The molecule has 0 aromatic carbocycles. The number of aliphatic hydroxyl groups is 1. The van der Waals surface area contributed by atoms with Gasteiger partial charge >= 0.3 is 0 Å². The zero-order valence-electron chi connectivity index (χ0n) is 12.6. The summed E-state index contributed by atoms with van der Waals surface area (Å²) < 4.78 is 0. The Balaban J connectivity index is 2.02. The Morgan fingerprint density at radius 1 is 1.24 bits per heavy atom. The third-order valence-electron chi connectivity index (χ3n) is 4.68. The number of aliphatic hydroxyl groups excluding tert-OH is 1. The molecule has 1 saturated carbocycles. The highest BCUT2D eigenvalue weighted by molar-refractivity contribution is 5.97. The van der Waals surface area contributed by atoms with Crippen molar-refractivity contribution in [2.45, 2.75) is 52.1 Å². The molecular formula is C15H24N2O4. The Morgan fingerprint density at radius 3 is 2.43 bits per heavy atom. The predicted molar refractivity (Wildman–Crippen MR) is 76.8 cm³/mol. The second-order valence-corrected chi connectivity index (χ2v) is 6.66. The minimum Gasteiger partial charge on any atom is -0.411 e. The smallest absolute Gasteiger partial charge is 0.226 e. The maximum Gasteiger partial charge on any atom is 0.226 e. The van der Waals surface area contributed by atoms with E-state index >= 15 is 0 Å². The van der Waals surface area contributed by atoms with E-state index in [-0.39, 0.29) is 42.4 Å². The second kappa shape index (κ2) is 6.56. The van der Waals surface area contributed by atoms with Crippen LogP contribution >= 0.6 is 0 Å². The number of nitrogens with zero attached hydrogens (tertiary/aromatic N) is 1. The average Bonchev–Trinajstić information content (AvgIpc) is 2.36. The third kappa shape index (κ3) is 3.81. The number of piperidine rings is 1. The lowest BCUT2D eigenvalue weighted by Crippen LogP contribution is -2.42. The summed E-state index contributed by atoms with van der Waals surface area (Å²) in [6.07, 6.45) is 1.98. The van der Waals surface area contributed by atoms with Crippen molar-refractivity contribution in [1.29, 1.82) is 0 Å². The molecule has 6 heteroatoms. The van der Waals surface area contributed by atoms with Crippen LogP contribution in [0.3, 0.4) is 0 Å². The van der Waals surface area contributed by atoms with Crippen molar-refractivity contribution in [2.24, 2.45) is 28.8 Å². The van der Waals surface area contributed by atoms with Crippen molar-refractivity contribution in [3.63, 3.8) is 0 Å². The summed E-state index contributed by atoms with van der Waals surface area (Å²) in [7, 11) is 0. The molecule has 0 spiro atoms. The first kappa shape index (κ1) is 15.9. The normalized spacial score (nSPS) is 34.8. The van der Waals surface area contributed by atoms with E-state index < -0.39 is 6.10 Å². The van der Waals surface area contributed by atoms with Gasteiger partial charge in [0.2, 0.25) is 11.8 Å². The lowest BCUT2D eigenvalue weighted by atomic mass is 9.71. The summed E-state index contributed by atoms with van der Waals surface area (Å²) in [6, 6.07) is 0. The number of imide groups is 1. The lowest BCUT2D eigenvalue weighted by Gasteiger charge is -2.36. The maximum atomic E-state index is 11.4. The van der Waals surface area contributed by atoms with E-state index in [1.807, 2.05) is 6.92 Å². The molecule has 2 aliphatic rings. The van der Waals surface area contributed by atoms with Crippen molar-refractivity contribution in [1.82, 2.24) is 5.32 Å². The first-order chi connectivity index (χ1) is 9.90. The summed E-state index contributed by atoms with van der Waals surface area (Å²) in [4.78, 5) is 22.8. The van der Waals surface area contributed by atoms with E-state index in [9.17, 15) is 19.9 Å². The Hall–Kier alpha value is -1.43. The van der Waals surface area contributed by atoms with E-state index in [0.717, 1.165) is 12.8 Å². The van der Waals surface area contributed by atoms with Crippen molar-refractivity contribution in [3.05, 3.63) is 0 Å². The monoisotopic (exact) mass is 296 g/mol. The average molecular weight is 296 g/mol. The lowest BCUT2D eigenvalue weighted by molar-refractivity contribution is -0.135. The van der Waals surface area contributed by atoms with Crippen LogP contribution in [0.25, 0.3) is 0 Å². The Kier molecular flexibility index (Phi) is 4.98. The highest BCUT2D eigenvalue weighted by Crippen LogP contribution is 2.35. The fourth-order valence-electron chi connectivity index (χ4n) is 3.79. The molecule has 6 nitrogen and oxygen atoms in total. The molecule has 2 fully saturated rings. The van der Waals surface area contributed by atoms with Gasteiger partial charge in [0.25, 0.3) is 0 Å². The zero-order valence-corrected chi connectivity index (χ0v) is 12.6. The molecule has 0 radical (unpaired) electrons. The minimum atomic E-state index is -0.676. The summed E-state index contributed by atoms with van der Waals surface area (Å²) in [6.45, 7) is 4.13. The zero-order chi connectivity index (χ0) is 15.6. The molecule has 0 aromatic rings. The van der Waals surface area contributed by atoms with Crippen molar-refractivity contribution < 1.29 is 19.9 Å². The Labute approximate surface area is 124 Å². The first-order valence-electron chi connectivity index (χ1n) is 7.63. The molecule has 0 unspecified atom stereocenters. The second-order valence-electron chi connectivity index (χ2n) is 6.66. The van der Waals surface area contributed by atoms with E-state index in [2.05, 4.69) is 17.4 Å². The largest absolute Gasteiger partial charge is 0.411 e. The van der Waals surface area contributed by atoms with Crippen LogP contribution in [0.4, 0.5) is 0 Å². The molecule has 1 saturated heterocycles. The first-order valence-corrected chi connectivity index (χ1v) is 7.63. The molecule has 2 rings (SSSR count). The van der Waals surface area contributed by atoms with Gasteiger partial charge in [-0.25, -0.2) is 0 Å². The van der Waals surface area contributed by atoms with Crippen LogP contribution in [-0.4, -0.2) is 33.9 Å². The van der Waals surface area contributed by atoms with E-state index in [1.54, 1.807) is 0 Å². The molecular weight excluding hydrogens is 272 g/mol. The van der Waals surface area contributed by atoms with Crippen LogP contribution in [0.2, 0.25) is 0 Å². The van der Waals surface area contributed by atoms with Gasteiger partial charge < -0.3 is 10.3 Å². The van der Waals surface area contributed by atoms with Crippen LogP contribution < -0.4 is 5.32 Å². The molecule has 1 aliphatic heterocycles. The minimum absolute atomic E-state index is 0.131. The highest BCUT2D eigenvalue weighted by Gasteiger charge is 2.37.